The third-order valence-electron chi connectivity index (χ3n) is 2.90. The van der Waals surface area contributed by atoms with Gasteiger partial charge in [-0.3, -0.25) is 0 Å². The fraction of sp³-hybridized carbons (Fsp3) is 0.571. The number of aliphatic hydroxyl groups is 2. The molecular formula is C14H23NO2. The maximum atomic E-state index is 9.40. The van der Waals surface area contributed by atoms with Gasteiger partial charge in [-0.05, 0) is 19.4 Å². The predicted octanol–water partition coefficient (Wildman–Crippen LogP) is 2.09. The van der Waals surface area contributed by atoms with E-state index in [9.17, 15) is 5.11 Å². The van der Waals surface area contributed by atoms with Gasteiger partial charge in [0.25, 0.3) is 0 Å². The summed E-state index contributed by atoms with van der Waals surface area (Å²) in [6, 6.07) is 6.09. The molecule has 0 radical (unpaired) electrons. The van der Waals surface area contributed by atoms with Crippen molar-refractivity contribution in [2.75, 3.05) is 24.6 Å². The molecule has 1 aromatic rings. The van der Waals surface area contributed by atoms with Crippen LogP contribution in [0.15, 0.2) is 18.2 Å². The van der Waals surface area contributed by atoms with Crippen LogP contribution in [0.3, 0.4) is 0 Å². The molecule has 0 fully saturated rings. The molecule has 0 spiro atoms. The molecule has 0 aliphatic carbocycles. The zero-order valence-corrected chi connectivity index (χ0v) is 10.8. The molecular weight excluding hydrogens is 214 g/mol. The molecule has 0 atom stereocenters. The van der Waals surface area contributed by atoms with E-state index in [0.29, 0.717) is 6.54 Å². The number of unbranched alkanes of at least 4 members (excludes halogenated alkanes) is 1. The van der Waals surface area contributed by atoms with E-state index in [1.54, 1.807) is 0 Å². The van der Waals surface area contributed by atoms with Crippen molar-refractivity contribution in [3.8, 4) is 0 Å². The van der Waals surface area contributed by atoms with Crippen LogP contribution >= 0.6 is 0 Å². The summed E-state index contributed by atoms with van der Waals surface area (Å²) in [5, 5.41) is 18.5. The number of rotatable bonds is 7. The second-order valence-corrected chi connectivity index (χ2v) is 4.35. The van der Waals surface area contributed by atoms with Crippen LogP contribution in [0.5, 0.6) is 0 Å². The van der Waals surface area contributed by atoms with Gasteiger partial charge in [-0.2, -0.15) is 0 Å². The number of hydrogen-bond acceptors (Lipinski definition) is 3. The molecule has 2 N–H and O–H groups in total. The van der Waals surface area contributed by atoms with Gasteiger partial charge in [0.1, 0.15) is 0 Å². The summed E-state index contributed by atoms with van der Waals surface area (Å²) >= 11 is 0. The second-order valence-electron chi connectivity index (χ2n) is 4.35. The fourth-order valence-corrected chi connectivity index (χ4v) is 1.97. The van der Waals surface area contributed by atoms with E-state index in [1.807, 2.05) is 25.1 Å². The van der Waals surface area contributed by atoms with Crippen molar-refractivity contribution in [2.45, 2.75) is 33.3 Å². The second kappa shape index (κ2) is 7.30. The average Bonchev–Trinajstić information content (AvgIpc) is 2.34. The van der Waals surface area contributed by atoms with Crippen LogP contribution in [0, 0.1) is 6.92 Å². The molecule has 3 nitrogen and oxygen atoms in total. The van der Waals surface area contributed by atoms with E-state index in [-0.39, 0.29) is 13.2 Å². The van der Waals surface area contributed by atoms with Crippen LogP contribution in [0.25, 0.3) is 0 Å². The molecule has 0 unspecified atom stereocenters. The highest BCUT2D eigenvalue weighted by atomic mass is 16.3. The lowest BCUT2D eigenvalue weighted by Gasteiger charge is -2.26. The highest BCUT2D eigenvalue weighted by Crippen LogP contribution is 2.22. The number of hydrogen-bond donors (Lipinski definition) is 2. The molecule has 17 heavy (non-hydrogen) atoms. The summed E-state index contributed by atoms with van der Waals surface area (Å²) in [6.45, 7) is 5.90. The third-order valence-corrected chi connectivity index (χ3v) is 2.90. The standard InChI is InChI=1S/C14H23NO2/c1-3-4-7-15(8-9-16)14-6-5-12(2)10-13(14)11-17/h5-6,10,16-17H,3-4,7-9,11H2,1-2H3. The molecule has 0 aliphatic rings. The zero-order valence-electron chi connectivity index (χ0n) is 10.8. The van der Waals surface area contributed by atoms with E-state index in [4.69, 9.17) is 5.11 Å². The number of benzene rings is 1. The van der Waals surface area contributed by atoms with Crippen LogP contribution < -0.4 is 4.90 Å². The minimum Gasteiger partial charge on any atom is -0.395 e. The molecule has 0 heterocycles. The van der Waals surface area contributed by atoms with E-state index < -0.39 is 0 Å². The smallest absolute Gasteiger partial charge is 0.0702 e. The highest BCUT2D eigenvalue weighted by Gasteiger charge is 2.10. The van der Waals surface area contributed by atoms with E-state index in [1.165, 1.54) is 0 Å². The summed E-state index contributed by atoms with van der Waals surface area (Å²) in [6.07, 6.45) is 2.22. The average molecular weight is 237 g/mol. The van der Waals surface area contributed by atoms with Crippen molar-refractivity contribution in [1.82, 2.24) is 0 Å². The molecule has 0 aliphatic heterocycles. The topological polar surface area (TPSA) is 43.7 Å². The van der Waals surface area contributed by atoms with Crippen LogP contribution in [0.4, 0.5) is 5.69 Å². The molecule has 0 saturated heterocycles. The predicted molar refractivity (Wildman–Crippen MR) is 71.3 cm³/mol. The molecule has 0 saturated carbocycles. The Hall–Kier alpha value is -1.06. The Kier molecular flexibility index (Phi) is 6.01. The Morgan fingerprint density at radius 3 is 2.53 bits per heavy atom. The lowest BCUT2D eigenvalue weighted by atomic mass is 10.1. The minimum atomic E-state index is 0.0467. The van der Waals surface area contributed by atoms with Crippen molar-refractivity contribution in [3.05, 3.63) is 29.3 Å². The maximum Gasteiger partial charge on any atom is 0.0702 e. The Bertz CT molecular complexity index is 339. The third kappa shape index (κ3) is 4.02. The summed E-state index contributed by atoms with van der Waals surface area (Å²) in [7, 11) is 0. The highest BCUT2D eigenvalue weighted by molar-refractivity contribution is 5.54. The van der Waals surface area contributed by atoms with Gasteiger partial charge in [0.15, 0.2) is 0 Å². The lowest BCUT2D eigenvalue weighted by Crippen LogP contribution is -2.28. The summed E-state index contributed by atoms with van der Waals surface area (Å²) in [4.78, 5) is 2.15. The largest absolute Gasteiger partial charge is 0.395 e. The number of nitrogens with zero attached hydrogens (tertiary/aromatic N) is 1. The Morgan fingerprint density at radius 2 is 1.94 bits per heavy atom. The summed E-state index contributed by atoms with van der Waals surface area (Å²) in [5.41, 5.74) is 3.13. The van der Waals surface area contributed by atoms with Crippen LogP contribution in [-0.4, -0.2) is 29.9 Å². The maximum absolute atomic E-state index is 9.40. The first-order valence-corrected chi connectivity index (χ1v) is 6.29. The molecule has 1 aromatic carbocycles. The van der Waals surface area contributed by atoms with Gasteiger partial charge < -0.3 is 15.1 Å². The number of anilines is 1. The van der Waals surface area contributed by atoms with Gasteiger partial charge >= 0.3 is 0 Å². The summed E-state index contributed by atoms with van der Waals surface area (Å²) in [5.74, 6) is 0. The van der Waals surface area contributed by atoms with Crippen LogP contribution in [-0.2, 0) is 6.61 Å². The van der Waals surface area contributed by atoms with Crippen molar-refractivity contribution < 1.29 is 10.2 Å². The van der Waals surface area contributed by atoms with E-state index >= 15 is 0 Å². The van der Waals surface area contributed by atoms with Gasteiger partial charge in [0.2, 0.25) is 0 Å². The molecule has 3 heteroatoms. The fourth-order valence-electron chi connectivity index (χ4n) is 1.97. The van der Waals surface area contributed by atoms with Crippen molar-refractivity contribution >= 4 is 5.69 Å². The minimum absolute atomic E-state index is 0.0467. The van der Waals surface area contributed by atoms with Crippen LogP contribution in [0.2, 0.25) is 0 Å². The first-order valence-electron chi connectivity index (χ1n) is 6.29. The van der Waals surface area contributed by atoms with Crippen LogP contribution in [0.1, 0.15) is 30.9 Å². The number of aryl methyl sites for hydroxylation is 1. The van der Waals surface area contributed by atoms with Gasteiger partial charge in [0, 0.05) is 24.3 Å². The SMILES string of the molecule is CCCCN(CCO)c1ccc(C)cc1CO. The summed E-state index contributed by atoms with van der Waals surface area (Å²) < 4.78 is 0. The van der Waals surface area contributed by atoms with E-state index in [0.717, 1.165) is 36.2 Å². The van der Waals surface area contributed by atoms with Crippen molar-refractivity contribution in [3.63, 3.8) is 0 Å². The molecule has 96 valence electrons. The van der Waals surface area contributed by atoms with Gasteiger partial charge in [-0.25, -0.2) is 0 Å². The monoisotopic (exact) mass is 237 g/mol. The zero-order chi connectivity index (χ0) is 12.7. The Morgan fingerprint density at radius 1 is 1.18 bits per heavy atom. The first-order chi connectivity index (χ1) is 8.22. The lowest BCUT2D eigenvalue weighted by molar-refractivity contribution is 0.280. The molecule has 0 bridgehead atoms. The van der Waals surface area contributed by atoms with E-state index in [2.05, 4.69) is 11.8 Å². The van der Waals surface area contributed by atoms with Crippen molar-refractivity contribution in [1.29, 1.82) is 0 Å². The normalized spacial score (nSPS) is 10.6. The van der Waals surface area contributed by atoms with Gasteiger partial charge in [-0.15, -0.1) is 0 Å². The van der Waals surface area contributed by atoms with Gasteiger partial charge in [0.05, 0.1) is 13.2 Å². The molecule has 1 rings (SSSR count). The van der Waals surface area contributed by atoms with Crippen molar-refractivity contribution in [2.24, 2.45) is 0 Å². The number of aliphatic hydroxyl groups excluding tert-OH is 2. The molecule has 0 aromatic heterocycles. The quantitative estimate of drug-likeness (QED) is 0.763. The Balaban J connectivity index is 2.91. The first kappa shape index (κ1) is 14.0. The Labute approximate surface area is 104 Å². The van der Waals surface area contributed by atoms with Gasteiger partial charge in [-0.1, -0.05) is 31.0 Å². The molecule has 0 amide bonds.